The minimum atomic E-state index is 0.419. The summed E-state index contributed by atoms with van der Waals surface area (Å²) in [5.41, 5.74) is 8.46. The van der Waals surface area contributed by atoms with E-state index in [1.807, 2.05) is 48.3 Å². The van der Waals surface area contributed by atoms with Crippen LogP contribution in [0.3, 0.4) is 0 Å². The molecule has 1 aromatic heterocycles. The summed E-state index contributed by atoms with van der Waals surface area (Å²) in [6.07, 6.45) is 3.38. The van der Waals surface area contributed by atoms with Crippen molar-refractivity contribution in [2.45, 2.75) is 0 Å². The number of anilines is 2. The molecule has 100 valence electrons. The Bertz CT molecular complexity index is 666. The summed E-state index contributed by atoms with van der Waals surface area (Å²) in [6, 6.07) is 11.6. The van der Waals surface area contributed by atoms with Gasteiger partial charge in [-0.15, -0.1) is 0 Å². The molecule has 0 amide bonds. The number of hydrogen-bond acceptors (Lipinski definition) is 3. The largest absolute Gasteiger partial charge is 0.383 e. The number of benzene rings is 1. The second-order valence-corrected chi connectivity index (χ2v) is 4.19. The normalized spacial score (nSPS) is 10.1. The van der Waals surface area contributed by atoms with Gasteiger partial charge >= 0.3 is 0 Å². The number of pyridine rings is 1. The van der Waals surface area contributed by atoms with Crippen LogP contribution in [-0.2, 0) is 0 Å². The van der Waals surface area contributed by atoms with Gasteiger partial charge in [-0.3, -0.25) is 4.99 Å². The molecule has 0 bridgehead atoms. The molecule has 1 aromatic carbocycles. The van der Waals surface area contributed by atoms with E-state index in [0.717, 1.165) is 11.3 Å². The number of rotatable bonds is 2. The van der Waals surface area contributed by atoms with Crippen LogP contribution < -0.4 is 10.6 Å². The van der Waals surface area contributed by atoms with E-state index in [9.17, 15) is 0 Å². The third-order valence-corrected chi connectivity index (χ3v) is 2.73. The van der Waals surface area contributed by atoms with Crippen LogP contribution in [0.4, 0.5) is 11.5 Å². The zero-order valence-electron chi connectivity index (χ0n) is 11.5. The summed E-state index contributed by atoms with van der Waals surface area (Å²) >= 11 is 0. The maximum atomic E-state index is 5.93. The van der Waals surface area contributed by atoms with Crippen molar-refractivity contribution in [2.24, 2.45) is 4.99 Å². The van der Waals surface area contributed by atoms with E-state index in [1.165, 1.54) is 0 Å². The Balaban J connectivity index is 2.44. The summed E-state index contributed by atoms with van der Waals surface area (Å²) in [5, 5.41) is 0. The zero-order chi connectivity index (χ0) is 14.4. The first-order chi connectivity index (χ1) is 9.72. The van der Waals surface area contributed by atoms with Gasteiger partial charge in [0.15, 0.2) is 0 Å². The highest BCUT2D eigenvalue weighted by Crippen LogP contribution is 2.21. The van der Waals surface area contributed by atoms with Crippen LogP contribution in [0, 0.1) is 11.8 Å². The molecule has 4 nitrogen and oxygen atoms in total. The number of hydrogen-bond donors (Lipinski definition) is 1. The molecule has 1 heterocycles. The van der Waals surface area contributed by atoms with Crippen molar-refractivity contribution in [1.29, 1.82) is 0 Å². The lowest BCUT2D eigenvalue weighted by Gasteiger charge is -2.15. The smallest absolute Gasteiger partial charge is 0.141 e. The minimum absolute atomic E-state index is 0.419. The highest BCUT2D eigenvalue weighted by Gasteiger charge is 2.07. The Morgan fingerprint density at radius 3 is 2.65 bits per heavy atom. The predicted octanol–water partition coefficient (Wildman–Crippen LogP) is 2.16. The van der Waals surface area contributed by atoms with E-state index in [0.29, 0.717) is 11.4 Å². The lowest BCUT2D eigenvalue weighted by molar-refractivity contribution is 1.23. The van der Waals surface area contributed by atoms with Gasteiger partial charge in [-0.05, 0) is 18.2 Å². The first kappa shape index (κ1) is 13.6. The highest BCUT2D eigenvalue weighted by molar-refractivity contribution is 5.83. The van der Waals surface area contributed by atoms with Gasteiger partial charge in [-0.1, -0.05) is 30.0 Å². The molecule has 2 N–H and O–H groups in total. The molecule has 0 spiro atoms. The molecule has 0 saturated heterocycles. The van der Waals surface area contributed by atoms with Gasteiger partial charge in [0.1, 0.15) is 5.82 Å². The zero-order valence-corrected chi connectivity index (χ0v) is 11.5. The predicted molar refractivity (Wildman–Crippen MR) is 83.9 cm³/mol. The van der Waals surface area contributed by atoms with Crippen molar-refractivity contribution >= 4 is 17.8 Å². The fraction of sp³-hybridized carbons (Fsp3) is 0.125. The number of nitrogen functional groups attached to an aromatic ring is 1. The average molecular weight is 264 g/mol. The van der Waals surface area contributed by atoms with Gasteiger partial charge in [0.25, 0.3) is 0 Å². The van der Waals surface area contributed by atoms with Crippen LogP contribution in [0.25, 0.3) is 0 Å². The van der Waals surface area contributed by atoms with Gasteiger partial charge in [0, 0.05) is 25.9 Å². The first-order valence-corrected chi connectivity index (χ1v) is 6.19. The van der Waals surface area contributed by atoms with Crippen LogP contribution in [0.2, 0.25) is 0 Å². The van der Waals surface area contributed by atoms with Crippen molar-refractivity contribution in [2.75, 3.05) is 24.7 Å². The van der Waals surface area contributed by atoms with E-state index < -0.39 is 0 Å². The van der Waals surface area contributed by atoms with Gasteiger partial charge in [0.2, 0.25) is 0 Å². The molecule has 4 heteroatoms. The van der Waals surface area contributed by atoms with Crippen LogP contribution >= 0.6 is 0 Å². The molecule has 0 radical (unpaired) electrons. The highest BCUT2D eigenvalue weighted by atomic mass is 15.1. The average Bonchev–Trinajstić information content (AvgIpc) is 2.47. The second kappa shape index (κ2) is 6.39. The Morgan fingerprint density at radius 2 is 1.95 bits per heavy atom. The Labute approximate surface area is 119 Å². The van der Waals surface area contributed by atoms with E-state index in [4.69, 9.17) is 5.73 Å². The Hall–Kier alpha value is -2.80. The van der Waals surface area contributed by atoms with Crippen molar-refractivity contribution < 1.29 is 0 Å². The third kappa shape index (κ3) is 3.15. The maximum Gasteiger partial charge on any atom is 0.141 e. The SMILES string of the molecule is CN=CN(C)c1ccnc(N)c1C#Cc1ccccc1. The summed E-state index contributed by atoms with van der Waals surface area (Å²) in [7, 11) is 3.62. The second-order valence-electron chi connectivity index (χ2n) is 4.19. The monoisotopic (exact) mass is 264 g/mol. The van der Waals surface area contributed by atoms with E-state index >= 15 is 0 Å². The fourth-order valence-corrected chi connectivity index (χ4v) is 1.78. The molecule has 0 aliphatic heterocycles. The van der Waals surface area contributed by atoms with E-state index in [1.54, 1.807) is 19.6 Å². The maximum absolute atomic E-state index is 5.93. The molecule has 0 fully saturated rings. The molecule has 2 rings (SSSR count). The first-order valence-electron chi connectivity index (χ1n) is 6.19. The fourth-order valence-electron chi connectivity index (χ4n) is 1.78. The standard InChI is InChI=1S/C16H16N4/c1-18-12-20(2)15-10-11-19-16(17)14(15)9-8-13-6-4-3-5-7-13/h3-7,10-12H,1-2H3,(H2,17,19). The van der Waals surface area contributed by atoms with Gasteiger partial charge in [-0.2, -0.15) is 0 Å². The van der Waals surface area contributed by atoms with Gasteiger partial charge in [-0.25, -0.2) is 4.98 Å². The molecule has 20 heavy (non-hydrogen) atoms. The van der Waals surface area contributed by atoms with Crippen LogP contribution in [-0.4, -0.2) is 25.4 Å². The molecule has 2 aromatic rings. The molecule has 0 atom stereocenters. The molecule has 0 saturated carbocycles. The van der Waals surface area contributed by atoms with E-state index in [2.05, 4.69) is 21.8 Å². The van der Waals surface area contributed by atoms with E-state index in [-0.39, 0.29) is 0 Å². The minimum Gasteiger partial charge on any atom is -0.383 e. The molecular formula is C16H16N4. The summed E-state index contributed by atoms with van der Waals surface area (Å²) in [6.45, 7) is 0. The summed E-state index contributed by atoms with van der Waals surface area (Å²) in [5.74, 6) is 6.61. The number of nitrogens with zero attached hydrogens (tertiary/aromatic N) is 3. The number of aromatic nitrogens is 1. The van der Waals surface area contributed by atoms with Crippen LogP contribution in [0.15, 0.2) is 47.6 Å². The Morgan fingerprint density at radius 1 is 1.20 bits per heavy atom. The summed E-state index contributed by atoms with van der Waals surface area (Å²) < 4.78 is 0. The molecule has 0 aliphatic rings. The Kier molecular flexibility index (Phi) is 4.35. The van der Waals surface area contributed by atoms with Crippen molar-refractivity contribution in [3.05, 3.63) is 53.7 Å². The lowest BCUT2D eigenvalue weighted by Crippen LogP contribution is -2.16. The van der Waals surface area contributed by atoms with Crippen molar-refractivity contribution in [3.8, 4) is 11.8 Å². The van der Waals surface area contributed by atoms with Crippen LogP contribution in [0.5, 0.6) is 0 Å². The van der Waals surface area contributed by atoms with Crippen molar-refractivity contribution in [3.63, 3.8) is 0 Å². The molecule has 0 unspecified atom stereocenters. The number of nitrogens with two attached hydrogens (primary N) is 1. The quantitative estimate of drug-likeness (QED) is 0.514. The van der Waals surface area contributed by atoms with Crippen molar-refractivity contribution in [1.82, 2.24) is 4.98 Å². The topological polar surface area (TPSA) is 54.5 Å². The molecule has 0 aliphatic carbocycles. The molecular weight excluding hydrogens is 248 g/mol. The van der Waals surface area contributed by atoms with Gasteiger partial charge in [0.05, 0.1) is 17.6 Å². The van der Waals surface area contributed by atoms with Gasteiger partial charge < -0.3 is 10.6 Å². The summed E-state index contributed by atoms with van der Waals surface area (Å²) in [4.78, 5) is 9.96. The third-order valence-electron chi connectivity index (χ3n) is 2.73. The lowest BCUT2D eigenvalue weighted by atomic mass is 10.1. The van der Waals surface area contributed by atoms with Crippen LogP contribution in [0.1, 0.15) is 11.1 Å². The number of aliphatic imine (C=N–C) groups is 1.